The number of amides is 1. The summed E-state index contributed by atoms with van der Waals surface area (Å²) in [5.41, 5.74) is 0.684. The van der Waals surface area contributed by atoms with E-state index < -0.39 is 12.1 Å². The highest BCUT2D eigenvalue weighted by atomic mass is 35.5. The number of cyclic esters (lactones) is 1. The summed E-state index contributed by atoms with van der Waals surface area (Å²) in [7, 11) is 1.27. The van der Waals surface area contributed by atoms with E-state index in [4.69, 9.17) is 16.3 Å². The zero-order valence-corrected chi connectivity index (χ0v) is 9.86. The van der Waals surface area contributed by atoms with Crippen molar-refractivity contribution in [1.82, 2.24) is 0 Å². The molecular formula is C11H10ClNO4. The normalized spacial score (nSPS) is 14.7. The lowest BCUT2D eigenvalue weighted by Crippen LogP contribution is -2.24. The van der Waals surface area contributed by atoms with Crippen molar-refractivity contribution in [2.45, 2.75) is 0 Å². The van der Waals surface area contributed by atoms with Gasteiger partial charge in [0.05, 0.1) is 29.9 Å². The van der Waals surface area contributed by atoms with Crippen LogP contribution in [-0.2, 0) is 9.47 Å². The molecule has 0 radical (unpaired) electrons. The number of rotatable bonds is 2. The molecule has 1 aliphatic rings. The van der Waals surface area contributed by atoms with Crippen LogP contribution in [0, 0.1) is 0 Å². The van der Waals surface area contributed by atoms with Crippen molar-refractivity contribution in [2.24, 2.45) is 0 Å². The number of nitrogens with zero attached hydrogens (tertiary/aromatic N) is 1. The van der Waals surface area contributed by atoms with E-state index in [9.17, 15) is 9.59 Å². The van der Waals surface area contributed by atoms with Crippen molar-refractivity contribution in [1.29, 1.82) is 0 Å². The van der Waals surface area contributed by atoms with Gasteiger partial charge in [-0.15, -0.1) is 0 Å². The molecule has 0 atom stereocenters. The first-order chi connectivity index (χ1) is 8.15. The Balaban J connectivity index is 2.42. The van der Waals surface area contributed by atoms with Crippen molar-refractivity contribution in [3.05, 3.63) is 28.8 Å². The molecule has 17 heavy (non-hydrogen) atoms. The van der Waals surface area contributed by atoms with Crippen LogP contribution < -0.4 is 4.90 Å². The van der Waals surface area contributed by atoms with Crippen molar-refractivity contribution in [3.8, 4) is 0 Å². The van der Waals surface area contributed by atoms with Crippen LogP contribution in [0.25, 0.3) is 0 Å². The third-order valence-corrected chi connectivity index (χ3v) is 2.83. The van der Waals surface area contributed by atoms with Crippen LogP contribution in [0.4, 0.5) is 10.5 Å². The Bertz CT molecular complexity index is 475. The number of hydrogen-bond acceptors (Lipinski definition) is 4. The van der Waals surface area contributed by atoms with Crippen LogP contribution in [0.1, 0.15) is 10.4 Å². The maximum absolute atomic E-state index is 11.4. The van der Waals surface area contributed by atoms with Gasteiger partial charge in [-0.2, -0.15) is 0 Å². The smallest absolute Gasteiger partial charge is 0.414 e. The molecule has 2 rings (SSSR count). The van der Waals surface area contributed by atoms with Crippen molar-refractivity contribution in [3.63, 3.8) is 0 Å². The van der Waals surface area contributed by atoms with Crippen molar-refractivity contribution < 1.29 is 19.1 Å². The largest absolute Gasteiger partial charge is 0.465 e. The van der Waals surface area contributed by atoms with Gasteiger partial charge in [-0.25, -0.2) is 9.59 Å². The van der Waals surface area contributed by atoms with Gasteiger partial charge in [-0.1, -0.05) is 17.7 Å². The van der Waals surface area contributed by atoms with Gasteiger partial charge < -0.3 is 9.47 Å². The topological polar surface area (TPSA) is 55.8 Å². The highest BCUT2D eigenvalue weighted by molar-refractivity contribution is 6.36. The maximum atomic E-state index is 11.4. The molecule has 1 amide bonds. The predicted octanol–water partition coefficient (Wildman–Crippen LogP) is 2.08. The third kappa shape index (κ3) is 2.06. The average molecular weight is 256 g/mol. The molecule has 1 fully saturated rings. The Labute approximate surface area is 103 Å². The van der Waals surface area contributed by atoms with E-state index in [2.05, 4.69) is 4.74 Å². The minimum Gasteiger partial charge on any atom is -0.465 e. The Kier molecular flexibility index (Phi) is 3.19. The first kappa shape index (κ1) is 11.7. The minimum absolute atomic E-state index is 0.193. The second-order valence-corrected chi connectivity index (χ2v) is 3.77. The zero-order valence-electron chi connectivity index (χ0n) is 9.10. The lowest BCUT2D eigenvalue weighted by atomic mass is 10.2. The summed E-state index contributed by atoms with van der Waals surface area (Å²) in [6, 6.07) is 4.83. The summed E-state index contributed by atoms with van der Waals surface area (Å²) >= 11 is 6.08. The SMILES string of the molecule is COC(=O)c1cccc(N2CCOC2=O)c1Cl. The van der Waals surface area contributed by atoms with Crippen molar-refractivity contribution in [2.75, 3.05) is 25.2 Å². The van der Waals surface area contributed by atoms with Gasteiger partial charge in [0.2, 0.25) is 0 Å². The second kappa shape index (κ2) is 4.63. The van der Waals surface area contributed by atoms with E-state index >= 15 is 0 Å². The fourth-order valence-corrected chi connectivity index (χ4v) is 1.91. The Hall–Kier alpha value is -1.75. The number of anilines is 1. The molecular weight excluding hydrogens is 246 g/mol. The molecule has 1 heterocycles. The summed E-state index contributed by atoms with van der Waals surface area (Å²) in [4.78, 5) is 24.2. The number of halogens is 1. The lowest BCUT2D eigenvalue weighted by molar-refractivity contribution is 0.0601. The van der Waals surface area contributed by atoms with Crippen LogP contribution in [0.5, 0.6) is 0 Å². The first-order valence-electron chi connectivity index (χ1n) is 4.96. The molecule has 0 spiro atoms. The lowest BCUT2D eigenvalue weighted by Gasteiger charge is -2.15. The van der Waals surface area contributed by atoms with E-state index in [0.29, 0.717) is 18.8 Å². The molecule has 0 N–H and O–H groups in total. The van der Waals surface area contributed by atoms with E-state index in [-0.39, 0.29) is 10.6 Å². The Morgan fingerprint density at radius 3 is 2.88 bits per heavy atom. The molecule has 0 unspecified atom stereocenters. The number of methoxy groups -OCH3 is 1. The van der Waals surface area contributed by atoms with Crippen LogP contribution in [-0.4, -0.2) is 32.3 Å². The van der Waals surface area contributed by atoms with E-state index in [0.717, 1.165) is 0 Å². The van der Waals surface area contributed by atoms with Gasteiger partial charge in [-0.05, 0) is 12.1 Å². The maximum Gasteiger partial charge on any atom is 0.414 e. The Morgan fingerprint density at radius 1 is 1.53 bits per heavy atom. The fraction of sp³-hybridized carbons (Fsp3) is 0.273. The van der Waals surface area contributed by atoms with Crippen LogP contribution >= 0.6 is 11.6 Å². The fourth-order valence-electron chi connectivity index (χ4n) is 1.61. The first-order valence-corrected chi connectivity index (χ1v) is 5.34. The summed E-state index contributed by atoms with van der Waals surface area (Å²) in [5, 5.41) is 0.193. The number of benzene rings is 1. The molecule has 90 valence electrons. The van der Waals surface area contributed by atoms with E-state index in [1.54, 1.807) is 18.2 Å². The molecule has 6 heteroatoms. The quantitative estimate of drug-likeness (QED) is 0.760. The van der Waals surface area contributed by atoms with Crippen LogP contribution in [0.3, 0.4) is 0 Å². The van der Waals surface area contributed by atoms with Gasteiger partial charge in [0.15, 0.2) is 0 Å². The third-order valence-electron chi connectivity index (χ3n) is 2.44. The molecule has 0 aromatic heterocycles. The molecule has 1 aromatic carbocycles. The Morgan fingerprint density at radius 2 is 2.29 bits per heavy atom. The highest BCUT2D eigenvalue weighted by Crippen LogP contribution is 2.31. The number of ether oxygens (including phenoxy) is 2. The molecule has 1 aliphatic heterocycles. The summed E-state index contributed by atoms with van der Waals surface area (Å²) < 4.78 is 9.42. The molecule has 1 saturated heterocycles. The average Bonchev–Trinajstić information content (AvgIpc) is 2.75. The number of hydrogen-bond donors (Lipinski definition) is 0. The summed E-state index contributed by atoms with van der Waals surface area (Å²) in [6.45, 7) is 0.737. The number of carbonyl (C=O) groups excluding carboxylic acids is 2. The molecule has 5 nitrogen and oxygen atoms in total. The van der Waals surface area contributed by atoms with Gasteiger partial charge >= 0.3 is 12.1 Å². The number of esters is 1. The molecule has 0 bridgehead atoms. The molecule has 0 saturated carbocycles. The van der Waals surface area contributed by atoms with Crippen molar-refractivity contribution >= 4 is 29.4 Å². The minimum atomic E-state index is -0.538. The standard InChI is InChI=1S/C11H10ClNO4/c1-16-10(14)7-3-2-4-8(9(7)12)13-5-6-17-11(13)15/h2-4H,5-6H2,1H3. The molecule has 0 aliphatic carbocycles. The summed E-state index contributed by atoms with van der Waals surface area (Å²) in [5.74, 6) is -0.538. The van der Waals surface area contributed by atoms with Gasteiger partial charge in [0.25, 0.3) is 0 Å². The monoisotopic (exact) mass is 255 g/mol. The zero-order chi connectivity index (χ0) is 12.4. The highest BCUT2D eigenvalue weighted by Gasteiger charge is 2.27. The van der Waals surface area contributed by atoms with Gasteiger partial charge in [0.1, 0.15) is 6.61 Å². The number of carbonyl (C=O) groups is 2. The second-order valence-electron chi connectivity index (χ2n) is 3.40. The van der Waals surface area contributed by atoms with Crippen LogP contribution in [0.2, 0.25) is 5.02 Å². The predicted molar refractivity (Wildman–Crippen MR) is 61.5 cm³/mol. The van der Waals surface area contributed by atoms with Crippen LogP contribution in [0.15, 0.2) is 18.2 Å². The van der Waals surface area contributed by atoms with Gasteiger partial charge in [-0.3, -0.25) is 4.90 Å². The summed E-state index contributed by atoms with van der Waals surface area (Å²) in [6.07, 6.45) is -0.464. The molecule has 1 aromatic rings. The van der Waals surface area contributed by atoms with E-state index in [1.807, 2.05) is 0 Å². The van der Waals surface area contributed by atoms with Gasteiger partial charge in [0, 0.05) is 0 Å². The van der Waals surface area contributed by atoms with E-state index in [1.165, 1.54) is 12.0 Å².